The van der Waals surface area contributed by atoms with E-state index in [0.717, 1.165) is 0 Å². The quantitative estimate of drug-likeness (QED) is 0.799. The van der Waals surface area contributed by atoms with Crippen molar-refractivity contribution >= 4 is 21.8 Å². The molecule has 0 saturated heterocycles. The third kappa shape index (κ3) is 4.21. The molecule has 21 heavy (non-hydrogen) atoms. The minimum atomic E-state index is -3.74. The van der Waals surface area contributed by atoms with E-state index in [2.05, 4.69) is 19.7 Å². The summed E-state index contributed by atoms with van der Waals surface area (Å²) in [6.45, 7) is 0. The van der Waals surface area contributed by atoms with Crippen LogP contribution in [0.1, 0.15) is 16.2 Å². The van der Waals surface area contributed by atoms with E-state index in [1.54, 1.807) is 24.4 Å². The van der Waals surface area contributed by atoms with Gasteiger partial charge < -0.3 is 5.11 Å². The lowest BCUT2D eigenvalue weighted by atomic mass is 10.3. The number of rotatable bonds is 6. The van der Waals surface area contributed by atoms with E-state index in [4.69, 9.17) is 5.11 Å². The maximum Gasteiger partial charge on any atom is 0.358 e. The van der Waals surface area contributed by atoms with Crippen LogP contribution in [-0.4, -0.2) is 40.2 Å². The lowest BCUT2D eigenvalue weighted by molar-refractivity contribution is 0.0691. The van der Waals surface area contributed by atoms with Crippen LogP contribution in [0.25, 0.3) is 0 Å². The molecule has 2 heterocycles. The minimum absolute atomic E-state index is 0.207. The Kier molecular flexibility index (Phi) is 4.43. The Balaban J connectivity index is 2.10. The van der Waals surface area contributed by atoms with Crippen LogP contribution in [-0.2, 0) is 16.4 Å². The molecule has 0 fully saturated rings. The van der Waals surface area contributed by atoms with Crippen LogP contribution in [0.4, 0.5) is 5.82 Å². The van der Waals surface area contributed by atoms with Gasteiger partial charge in [-0.05, 0) is 12.1 Å². The molecule has 2 aromatic rings. The number of anilines is 1. The highest BCUT2D eigenvalue weighted by molar-refractivity contribution is 7.92. The van der Waals surface area contributed by atoms with E-state index in [9.17, 15) is 13.2 Å². The van der Waals surface area contributed by atoms with Gasteiger partial charge >= 0.3 is 5.97 Å². The van der Waals surface area contributed by atoms with Gasteiger partial charge in [0, 0.05) is 30.7 Å². The number of carboxylic acids is 1. The molecule has 0 saturated carbocycles. The molecular weight excluding hydrogens is 296 g/mol. The average Bonchev–Trinajstić information content (AvgIpc) is 2.46. The van der Waals surface area contributed by atoms with Crippen LogP contribution in [0.3, 0.4) is 0 Å². The predicted octanol–water partition coefficient (Wildman–Crippen LogP) is 0.554. The van der Waals surface area contributed by atoms with Crippen LogP contribution in [0, 0.1) is 0 Å². The fourth-order valence-corrected chi connectivity index (χ4v) is 2.58. The van der Waals surface area contributed by atoms with Crippen molar-refractivity contribution in [3.05, 3.63) is 48.2 Å². The Labute approximate surface area is 121 Å². The summed E-state index contributed by atoms with van der Waals surface area (Å²) in [6.07, 6.45) is 4.16. The standard InChI is InChI=1S/C12H12N4O4S/c17-12(18)10-11(15-7-6-14-10)16-21(19,20)8-4-9-3-1-2-5-13-9/h1-3,5-7H,4,8H2,(H,15,16)(H,17,18). The molecule has 0 aliphatic carbocycles. The Morgan fingerprint density at radius 3 is 2.57 bits per heavy atom. The molecule has 0 unspecified atom stereocenters. The monoisotopic (exact) mass is 308 g/mol. The number of carboxylic acid groups (broad SMARTS) is 1. The average molecular weight is 308 g/mol. The molecule has 0 amide bonds. The van der Waals surface area contributed by atoms with E-state index in [0.29, 0.717) is 5.69 Å². The molecule has 2 N–H and O–H groups in total. The highest BCUT2D eigenvalue weighted by Crippen LogP contribution is 2.11. The summed E-state index contributed by atoms with van der Waals surface area (Å²) in [5.41, 5.74) is 0.180. The number of hydrogen-bond acceptors (Lipinski definition) is 6. The van der Waals surface area contributed by atoms with Crippen LogP contribution < -0.4 is 4.72 Å². The minimum Gasteiger partial charge on any atom is -0.476 e. The van der Waals surface area contributed by atoms with Crippen molar-refractivity contribution < 1.29 is 18.3 Å². The molecule has 0 bridgehead atoms. The Hall–Kier alpha value is -2.55. The van der Waals surface area contributed by atoms with Gasteiger partial charge in [0.05, 0.1) is 5.75 Å². The van der Waals surface area contributed by atoms with Crippen molar-refractivity contribution in [3.8, 4) is 0 Å². The lowest BCUT2D eigenvalue weighted by Crippen LogP contribution is -2.21. The highest BCUT2D eigenvalue weighted by Gasteiger charge is 2.18. The van der Waals surface area contributed by atoms with E-state index in [1.165, 1.54) is 12.4 Å². The summed E-state index contributed by atoms with van der Waals surface area (Å²) >= 11 is 0. The zero-order chi connectivity index (χ0) is 15.3. The third-order valence-corrected chi connectivity index (χ3v) is 3.75. The van der Waals surface area contributed by atoms with Crippen LogP contribution >= 0.6 is 0 Å². The fraction of sp³-hybridized carbons (Fsp3) is 0.167. The van der Waals surface area contributed by atoms with Gasteiger partial charge in [0.25, 0.3) is 0 Å². The molecule has 0 radical (unpaired) electrons. The van der Waals surface area contributed by atoms with Gasteiger partial charge in [-0.15, -0.1) is 0 Å². The number of carbonyl (C=O) groups is 1. The number of aryl methyl sites for hydroxylation is 1. The van der Waals surface area contributed by atoms with Crippen LogP contribution in [0.15, 0.2) is 36.8 Å². The van der Waals surface area contributed by atoms with E-state index < -0.39 is 21.7 Å². The molecule has 0 aliphatic heterocycles. The summed E-state index contributed by atoms with van der Waals surface area (Å²) in [4.78, 5) is 22.2. The highest BCUT2D eigenvalue weighted by atomic mass is 32.2. The van der Waals surface area contributed by atoms with Crippen molar-refractivity contribution in [2.24, 2.45) is 0 Å². The number of nitrogens with zero attached hydrogens (tertiary/aromatic N) is 3. The van der Waals surface area contributed by atoms with Crippen LogP contribution in [0.2, 0.25) is 0 Å². The smallest absolute Gasteiger partial charge is 0.358 e. The second-order valence-corrected chi connectivity index (χ2v) is 5.89. The lowest BCUT2D eigenvalue weighted by Gasteiger charge is -2.08. The summed E-state index contributed by atoms with van der Waals surface area (Å²) < 4.78 is 26.0. The van der Waals surface area contributed by atoms with E-state index in [1.807, 2.05) is 0 Å². The number of aromatic carboxylic acids is 1. The molecule has 2 rings (SSSR count). The Morgan fingerprint density at radius 2 is 1.90 bits per heavy atom. The van der Waals surface area contributed by atoms with Crippen molar-refractivity contribution in [1.82, 2.24) is 15.0 Å². The third-order valence-electron chi connectivity index (χ3n) is 2.51. The Bertz CT molecular complexity index is 734. The zero-order valence-corrected chi connectivity index (χ0v) is 11.6. The summed E-state index contributed by atoms with van der Waals surface area (Å²) in [5, 5.41) is 8.92. The van der Waals surface area contributed by atoms with Gasteiger partial charge in [0.2, 0.25) is 10.0 Å². The molecule has 2 aromatic heterocycles. The first kappa shape index (κ1) is 14.9. The molecule has 0 spiro atoms. The van der Waals surface area contributed by atoms with E-state index in [-0.39, 0.29) is 18.0 Å². The zero-order valence-electron chi connectivity index (χ0n) is 10.8. The second kappa shape index (κ2) is 6.27. The number of nitrogens with one attached hydrogen (secondary N) is 1. The number of sulfonamides is 1. The SMILES string of the molecule is O=C(O)c1nccnc1NS(=O)(=O)CCc1ccccn1. The topological polar surface area (TPSA) is 122 Å². The second-order valence-electron chi connectivity index (χ2n) is 4.05. The summed E-state index contributed by atoms with van der Waals surface area (Å²) in [6, 6.07) is 5.20. The number of pyridine rings is 1. The number of aromatic nitrogens is 3. The molecule has 0 aliphatic rings. The maximum atomic E-state index is 11.9. The predicted molar refractivity (Wildman–Crippen MR) is 74.3 cm³/mol. The van der Waals surface area contributed by atoms with Crippen LogP contribution in [0.5, 0.6) is 0 Å². The van der Waals surface area contributed by atoms with E-state index >= 15 is 0 Å². The Morgan fingerprint density at radius 1 is 1.14 bits per heavy atom. The summed E-state index contributed by atoms with van der Waals surface area (Å²) in [5.74, 6) is -1.89. The first-order valence-electron chi connectivity index (χ1n) is 5.92. The molecule has 0 atom stereocenters. The molecule has 9 heteroatoms. The van der Waals surface area contributed by atoms with Gasteiger partial charge in [-0.25, -0.2) is 23.2 Å². The van der Waals surface area contributed by atoms with Gasteiger partial charge in [-0.2, -0.15) is 0 Å². The molecule has 8 nitrogen and oxygen atoms in total. The normalized spacial score (nSPS) is 11.0. The van der Waals surface area contributed by atoms with Crippen molar-refractivity contribution in [2.75, 3.05) is 10.5 Å². The first-order valence-corrected chi connectivity index (χ1v) is 7.58. The van der Waals surface area contributed by atoms with Gasteiger partial charge in [-0.1, -0.05) is 6.07 Å². The first-order chi connectivity index (χ1) is 9.98. The van der Waals surface area contributed by atoms with Gasteiger partial charge in [0.15, 0.2) is 11.5 Å². The fourth-order valence-electron chi connectivity index (χ4n) is 1.55. The van der Waals surface area contributed by atoms with Gasteiger partial charge in [-0.3, -0.25) is 9.71 Å². The van der Waals surface area contributed by atoms with Crippen molar-refractivity contribution in [1.29, 1.82) is 0 Å². The van der Waals surface area contributed by atoms with Gasteiger partial charge in [0.1, 0.15) is 0 Å². The molecular formula is C12H12N4O4S. The maximum absolute atomic E-state index is 11.9. The number of hydrogen-bond donors (Lipinski definition) is 2. The largest absolute Gasteiger partial charge is 0.476 e. The molecule has 110 valence electrons. The summed E-state index contributed by atoms with van der Waals surface area (Å²) in [7, 11) is -3.74. The van der Waals surface area contributed by atoms with Crippen molar-refractivity contribution in [3.63, 3.8) is 0 Å². The molecule has 0 aromatic carbocycles. The van der Waals surface area contributed by atoms with Crippen molar-refractivity contribution in [2.45, 2.75) is 6.42 Å².